The van der Waals surface area contributed by atoms with Crippen LogP contribution < -0.4 is 5.32 Å². The molecule has 1 aliphatic rings. The van der Waals surface area contributed by atoms with E-state index in [-0.39, 0.29) is 38.2 Å². The topological polar surface area (TPSA) is 110 Å². The van der Waals surface area contributed by atoms with Crippen LogP contribution in [0.1, 0.15) is 25.7 Å². The third-order valence-corrected chi connectivity index (χ3v) is 3.10. The van der Waals surface area contributed by atoms with Crippen molar-refractivity contribution >= 4 is 12.0 Å². The van der Waals surface area contributed by atoms with E-state index in [0.29, 0.717) is 0 Å². The van der Waals surface area contributed by atoms with Crippen LogP contribution in [0.3, 0.4) is 0 Å². The lowest BCUT2D eigenvalue weighted by molar-refractivity contribution is -0.146. The van der Waals surface area contributed by atoms with Gasteiger partial charge in [0.2, 0.25) is 0 Å². The number of carboxylic acid groups (broad SMARTS) is 1. The number of carbonyl (C=O) groups excluding carboxylic acids is 1. The lowest BCUT2D eigenvalue weighted by Crippen LogP contribution is -2.50. The smallest absolute Gasteiger partial charge is 0.332 e. The largest absolute Gasteiger partial charge is 0.479 e. The maximum Gasteiger partial charge on any atom is 0.332 e. The molecule has 1 rings (SSSR count). The van der Waals surface area contributed by atoms with Gasteiger partial charge in [0.15, 0.2) is 6.10 Å². The molecule has 0 aromatic heterocycles. The molecule has 0 aromatic carbocycles. The van der Waals surface area contributed by atoms with E-state index in [1.54, 1.807) is 4.90 Å². The summed E-state index contributed by atoms with van der Waals surface area (Å²) in [6, 6.07) is -0.145. The molecule has 4 N–H and O–H groups in total. The van der Waals surface area contributed by atoms with E-state index < -0.39 is 12.1 Å². The highest BCUT2D eigenvalue weighted by atomic mass is 16.4. The van der Waals surface area contributed by atoms with Crippen molar-refractivity contribution in [3.63, 3.8) is 0 Å². The third kappa shape index (κ3) is 4.15. The molecule has 1 fully saturated rings. The van der Waals surface area contributed by atoms with Crippen LogP contribution in [-0.2, 0) is 4.79 Å². The predicted molar refractivity (Wildman–Crippen MR) is 63.1 cm³/mol. The number of hydrogen-bond acceptors (Lipinski definition) is 4. The number of aliphatic hydroxyl groups excluding tert-OH is 2. The van der Waals surface area contributed by atoms with Gasteiger partial charge in [-0.1, -0.05) is 0 Å². The summed E-state index contributed by atoms with van der Waals surface area (Å²) in [5, 5.41) is 29.0. The van der Waals surface area contributed by atoms with Crippen LogP contribution in [0.25, 0.3) is 0 Å². The molecule has 0 bridgehead atoms. The Balaban J connectivity index is 2.30. The Morgan fingerprint density at radius 1 is 1.39 bits per heavy atom. The molecule has 0 radical (unpaired) electrons. The summed E-state index contributed by atoms with van der Waals surface area (Å²) >= 11 is 0. The normalized spacial score (nSPS) is 16.8. The van der Waals surface area contributed by atoms with Gasteiger partial charge in [-0.3, -0.25) is 0 Å². The molecule has 7 nitrogen and oxygen atoms in total. The van der Waals surface area contributed by atoms with Gasteiger partial charge in [-0.05, 0) is 19.3 Å². The van der Waals surface area contributed by atoms with E-state index in [1.165, 1.54) is 0 Å². The highest BCUT2D eigenvalue weighted by Gasteiger charge is 2.28. The maximum absolute atomic E-state index is 11.8. The molecule has 18 heavy (non-hydrogen) atoms. The van der Waals surface area contributed by atoms with E-state index in [4.69, 9.17) is 15.3 Å². The molecule has 1 unspecified atom stereocenters. The highest BCUT2D eigenvalue weighted by molar-refractivity contribution is 5.75. The van der Waals surface area contributed by atoms with Gasteiger partial charge in [-0.2, -0.15) is 0 Å². The summed E-state index contributed by atoms with van der Waals surface area (Å²) in [5.74, 6) is -1.30. The monoisotopic (exact) mass is 260 g/mol. The first-order chi connectivity index (χ1) is 8.56. The second-order valence-electron chi connectivity index (χ2n) is 4.38. The number of nitrogens with zero attached hydrogens (tertiary/aromatic N) is 1. The summed E-state index contributed by atoms with van der Waals surface area (Å²) in [7, 11) is 0. The lowest BCUT2D eigenvalue weighted by Gasteiger charge is -2.37. The average Bonchev–Trinajstić information content (AvgIpc) is 2.25. The van der Waals surface area contributed by atoms with Crippen LogP contribution in [-0.4, -0.2) is 64.1 Å². The summed E-state index contributed by atoms with van der Waals surface area (Å²) < 4.78 is 0. The molecule has 0 spiro atoms. The first-order valence-corrected chi connectivity index (χ1v) is 6.12. The number of aliphatic carboxylic acids is 1. The van der Waals surface area contributed by atoms with Crippen molar-refractivity contribution < 1.29 is 24.9 Å². The van der Waals surface area contributed by atoms with Crippen LogP contribution in [0, 0.1) is 0 Å². The summed E-state index contributed by atoms with van der Waals surface area (Å²) in [4.78, 5) is 23.7. The van der Waals surface area contributed by atoms with Crippen LogP contribution in [0.15, 0.2) is 0 Å². The number of carboxylic acids is 1. The minimum absolute atomic E-state index is 0.0291. The molecule has 1 aliphatic carbocycles. The van der Waals surface area contributed by atoms with Crippen LogP contribution in [0.4, 0.5) is 4.79 Å². The van der Waals surface area contributed by atoms with Gasteiger partial charge >= 0.3 is 12.0 Å². The number of rotatable bonds is 7. The number of amides is 2. The lowest BCUT2D eigenvalue weighted by atomic mass is 9.92. The van der Waals surface area contributed by atoms with Crippen molar-refractivity contribution in [3.05, 3.63) is 0 Å². The highest BCUT2D eigenvalue weighted by Crippen LogP contribution is 2.24. The molecular weight excluding hydrogens is 240 g/mol. The average molecular weight is 260 g/mol. The molecule has 7 heteroatoms. The van der Waals surface area contributed by atoms with Gasteiger partial charge in [0.25, 0.3) is 0 Å². The third-order valence-electron chi connectivity index (χ3n) is 3.10. The van der Waals surface area contributed by atoms with Crippen LogP contribution >= 0.6 is 0 Å². The van der Waals surface area contributed by atoms with Gasteiger partial charge < -0.3 is 25.5 Å². The number of aliphatic hydroxyl groups is 2. The van der Waals surface area contributed by atoms with Crippen molar-refractivity contribution in [3.8, 4) is 0 Å². The molecule has 104 valence electrons. The summed E-state index contributed by atoms with van der Waals surface area (Å²) in [5.41, 5.74) is 0. The first-order valence-electron chi connectivity index (χ1n) is 6.12. The number of hydrogen-bond donors (Lipinski definition) is 4. The van der Waals surface area contributed by atoms with Crippen molar-refractivity contribution in [2.24, 2.45) is 0 Å². The molecular formula is C11H20N2O5. The van der Waals surface area contributed by atoms with Gasteiger partial charge in [-0.15, -0.1) is 0 Å². The van der Waals surface area contributed by atoms with Gasteiger partial charge in [0.05, 0.1) is 6.61 Å². The molecule has 0 saturated heterocycles. The second kappa shape index (κ2) is 7.17. The maximum atomic E-state index is 11.8. The van der Waals surface area contributed by atoms with E-state index in [0.717, 1.165) is 19.3 Å². The molecule has 1 saturated carbocycles. The zero-order chi connectivity index (χ0) is 13.5. The van der Waals surface area contributed by atoms with E-state index in [2.05, 4.69) is 5.32 Å². The number of nitrogens with one attached hydrogen (secondary N) is 1. The number of urea groups is 1. The van der Waals surface area contributed by atoms with Gasteiger partial charge in [-0.25, -0.2) is 9.59 Å². The Morgan fingerprint density at radius 2 is 2.06 bits per heavy atom. The van der Waals surface area contributed by atoms with Gasteiger partial charge in [0.1, 0.15) is 0 Å². The van der Waals surface area contributed by atoms with Crippen molar-refractivity contribution in [1.29, 1.82) is 0 Å². The predicted octanol–water partition coefficient (Wildman–Crippen LogP) is -0.622. The van der Waals surface area contributed by atoms with E-state index >= 15 is 0 Å². The quantitative estimate of drug-likeness (QED) is 0.487. The second-order valence-corrected chi connectivity index (χ2v) is 4.38. The van der Waals surface area contributed by atoms with Crippen LogP contribution in [0.2, 0.25) is 0 Å². The van der Waals surface area contributed by atoms with E-state index in [9.17, 15) is 9.59 Å². The minimum atomic E-state index is -1.46. The Bertz CT molecular complexity index is 293. The SMILES string of the molecule is O=C(O)C(O)CCNC(=O)N(CCO)C1CCC1. The fourth-order valence-corrected chi connectivity index (χ4v) is 1.80. The number of carbonyl (C=O) groups is 2. The zero-order valence-electron chi connectivity index (χ0n) is 10.2. The Labute approximate surface area is 105 Å². The van der Waals surface area contributed by atoms with E-state index in [1.807, 2.05) is 0 Å². The fraction of sp³-hybridized carbons (Fsp3) is 0.818. The molecule has 0 aliphatic heterocycles. The van der Waals surface area contributed by atoms with Crippen LogP contribution in [0.5, 0.6) is 0 Å². The molecule has 0 heterocycles. The van der Waals surface area contributed by atoms with Crippen molar-refractivity contribution in [2.45, 2.75) is 37.8 Å². The summed E-state index contributed by atoms with van der Waals surface area (Å²) in [6.45, 7) is 0.278. The Kier molecular flexibility index (Phi) is 5.87. The first kappa shape index (κ1) is 14.7. The minimum Gasteiger partial charge on any atom is -0.479 e. The fourth-order valence-electron chi connectivity index (χ4n) is 1.80. The van der Waals surface area contributed by atoms with Gasteiger partial charge in [0, 0.05) is 25.6 Å². The van der Waals surface area contributed by atoms with Crippen molar-refractivity contribution in [1.82, 2.24) is 10.2 Å². The van der Waals surface area contributed by atoms with Crippen molar-refractivity contribution in [2.75, 3.05) is 19.7 Å². The molecule has 2 amide bonds. The Morgan fingerprint density at radius 3 is 2.50 bits per heavy atom. The standard InChI is InChI=1S/C11H20N2O5/c14-7-6-13(8-2-1-3-8)11(18)12-5-4-9(15)10(16)17/h8-9,14-15H,1-7H2,(H,12,18)(H,16,17). The zero-order valence-corrected chi connectivity index (χ0v) is 10.2. The molecule has 0 aromatic rings. The Hall–Kier alpha value is -1.34. The summed E-state index contributed by atoms with van der Waals surface area (Å²) in [6.07, 6.45) is 1.47. The molecule has 1 atom stereocenters.